The summed E-state index contributed by atoms with van der Waals surface area (Å²) in [4.78, 5) is 22.9. The van der Waals surface area contributed by atoms with Gasteiger partial charge >= 0.3 is 5.97 Å². The first-order valence-electron chi connectivity index (χ1n) is 7.01. The van der Waals surface area contributed by atoms with Gasteiger partial charge in [0.05, 0.1) is 5.92 Å². The van der Waals surface area contributed by atoms with E-state index in [1.807, 2.05) is 20.8 Å². The first kappa shape index (κ1) is 16.0. The monoisotopic (exact) mass is 270 g/mol. The van der Waals surface area contributed by atoms with Crippen LogP contribution in [0.3, 0.4) is 0 Å². The quantitative estimate of drug-likeness (QED) is 0.681. The molecule has 0 radical (unpaired) electrons. The molecule has 0 aromatic carbocycles. The van der Waals surface area contributed by atoms with Crippen molar-refractivity contribution in [2.45, 2.75) is 52.5 Å². The highest BCUT2D eigenvalue weighted by atomic mass is 16.4. The third kappa shape index (κ3) is 6.57. The summed E-state index contributed by atoms with van der Waals surface area (Å²) in [7, 11) is 0. The minimum Gasteiger partial charge on any atom is -0.481 e. The number of aliphatic carboxylic acids is 1. The Hall–Kier alpha value is -1.10. The lowest BCUT2D eigenvalue weighted by molar-refractivity contribution is -0.142. The molecule has 5 heteroatoms. The van der Waals surface area contributed by atoms with Gasteiger partial charge in [-0.2, -0.15) is 0 Å². The highest BCUT2D eigenvalue weighted by Gasteiger charge is 2.25. The van der Waals surface area contributed by atoms with Crippen molar-refractivity contribution in [1.82, 2.24) is 10.6 Å². The van der Waals surface area contributed by atoms with E-state index in [1.54, 1.807) is 0 Å². The Kier molecular flexibility index (Phi) is 5.79. The number of amides is 1. The summed E-state index contributed by atoms with van der Waals surface area (Å²) in [5, 5.41) is 15.2. The number of nitrogens with one attached hydrogen (secondary N) is 2. The number of rotatable bonds is 6. The van der Waals surface area contributed by atoms with Crippen LogP contribution in [-0.2, 0) is 9.59 Å². The van der Waals surface area contributed by atoms with E-state index < -0.39 is 11.9 Å². The predicted molar refractivity (Wildman–Crippen MR) is 73.8 cm³/mol. The lowest BCUT2D eigenvalue weighted by atomic mass is 9.84. The van der Waals surface area contributed by atoms with E-state index >= 15 is 0 Å². The fraction of sp³-hybridized carbons (Fsp3) is 0.857. The van der Waals surface area contributed by atoms with Gasteiger partial charge in [-0.3, -0.25) is 9.59 Å². The van der Waals surface area contributed by atoms with Crippen molar-refractivity contribution < 1.29 is 14.7 Å². The van der Waals surface area contributed by atoms with Crippen LogP contribution in [0.15, 0.2) is 0 Å². The SMILES string of the molecule is CC(C)(C)CC(CNC(=O)CC1CCCN1)C(=O)O. The predicted octanol–water partition coefficient (Wildman–Crippen LogP) is 1.38. The maximum Gasteiger partial charge on any atom is 0.308 e. The molecule has 0 saturated carbocycles. The molecule has 19 heavy (non-hydrogen) atoms. The number of carboxylic acid groups (broad SMARTS) is 1. The molecule has 1 fully saturated rings. The number of carbonyl (C=O) groups excluding carboxylic acids is 1. The highest BCUT2D eigenvalue weighted by molar-refractivity contribution is 5.78. The van der Waals surface area contributed by atoms with Crippen LogP contribution in [0.2, 0.25) is 0 Å². The molecule has 3 N–H and O–H groups in total. The second-order valence-electron chi connectivity index (χ2n) is 6.60. The summed E-state index contributed by atoms with van der Waals surface area (Å²) >= 11 is 0. The maximum absolute atomic E-state index is 11.7. The summed E-state index contributed by atoms with van der Waals surface area (Å²) in [6.07, 6.45) is 3.14. The normalized spacial score (nSPS) is 21.1. The maximum atomic E-state index is 11.7. The number of hydrogen-bond acceptors (Lipinski definition) is 3. The van der Waals surface area contributed by atoms with Gasteiger partial charge in [0.2, 0.25) is 5.91 Å². The lowest BCUT2D eigenvalue weighted by Crippen LogP contribution is -2.37. The van der Waals surface area contributed by atoms with Crippen LogP contribution in [0.25, 0.3) is 0 Å². The van der Waals surface area contributed by atoms with Crippen LogP contribution in [0, 0.1) is 11.3 Å². The van der Waals surface area contributed by atoms with Crippen LogP contribution in [-0.4, -0.2) is 36.1 Å². The molecule has 2 unspecified atom stereocenters. The van der Waals surface area contributed by atoms with Gasteiger partial charge in [-0.25, -0.2) is 0 Å². The molecule has 5 nitrogen and oxygen atoms in total. The van der Waals surface area contributed by atoms with Gasteiger partial charge in [-0.05, 0) is 31.2 Å². The second kappa shape index (κ2) is 6.89. The molecule has 1 aliphatic rings. The molecule has 1 aliphatic heterocycles. The average molecular weight is 270 g/mol. The molecular formula is C14H26N2O3. The second-order valence-corrected chi connectivity index (χ2v) is 6.60. The van der Waals surface area contributed by atoms with Crippen molar-refractivity contribution in [2.24, 2.45) is 11.3 Å². The Morgan fingerprint density at radius 2 is 2.11 bits per heavy atom. The Bertz CT molecular complexity index is 317. The molecule has 0 aliphatic carbocycles. The van der Waals surface area contributed by atoms with Gasteiger partial charge in [0.25, 0.3) is 0 Å². The molecule has 0 spiro atoms. The highest BCUT2D eigenvalue weighted by Crippen LogP contribution is 2.24. The van der Waals surface area contributed by atoms with Crippen molar-refractivity contribution in [1.29, 1.82) is 0 Å². The minimum atomic E-state index is -0.839. The van der Waals surface area contributed by atoms with E-state index in [0.29, 0.717) is 12.8 Å². The van der Waals surface area contributed by atoms with Crippen molar-refractivity contribution in [3.63, 3.8) is 0 Å². The third-order valence-electron chi connectivity index (χ3n) is 3.35. The summed E-state index contributed by atoms with van der Waals surface area (Å²) in [6.45, 7) is 7.21. The van der Waals surface area contributed by atoms with E-state index in [0.717, 1.165) is 19.4 Å². The van der Waals surface area contributed by atoms with E-state index in [9.17, 15) is 14.7 Å². The van der Waals surface area contributed by atoms with Gasteiger partial charge in [0, 0.05) is 19.0 Å². The van der Waals surface area contributed by atoms with Crippen molar-refractivity contribution >= 4 is 11.9 Å². The molecule has 0 aromatic heterocycles. The number of carbonyl (C=O) groups is 2. The van der Waals surface area contributed by atoms with Gasteiger partial charge < -0.3 is 15.7 Å². The Balaban J connectivity index is 2.34. The number of hydrogen-bond donors (Lipinski definition) is 3. The zero-order valence-electron chi connectivity index (χ0n) is 12.2. The zero-order chi connectivity index (χ0) is 14.5. The van der Waals surface area contributed by atoms with E-state index in [-0.39, 0.29) is 23.9 Å². The molecule has 0 bridgehead atoms. The van der Waals surface area contributed by atoms with Gasteiger partial charge in [0.15, 0.2) is 0 Å². The van der Waals surface area contributed by atoms with Crippen molar-refractivity contribution in [3.8, 4) is 0 Å². The Labute approximate surface area is 115 Å². The minimum absolute atomic E-state index is 0.0548. The van der Waals surface area contributed by atoms with Crippen LogP contribution in [0.4, 0.5) is 0 Å². The standard InChI is InChI=1S/C14H26N2O3/c1-14(2,3)8-10(13(18)19)9-16-12(17)7-11-5-4-6-15-11/h10-11,15H,4-9H2,1-3H3,(H,16,17)(H,18,19). The largest absolute Gasteiger partial charge is 0.481 e. The molecule has 110 valence electrons. The van der Waals surface area contributed by atoms with Crippen LogP contribution < -0.4 is 10.6 Å². The van der Waals surface area contributed by atoms with Gasteiger partial charge in [-0.15, -0.1) is 0 Å². The smallest absolute Gasteiger partial charge is 0.308 e. The summed E-state index contributed by atoms with van der Waals surface area (Å²) < 4.78 is 0. The third-order valence-corrected chi connectivity index (χ3v) is 3.35. The Morgan fingerprint density at radius 3 is 2.58 bits per heavy atom. The average Bonchev–Trinajstić information content (AvgIpc) is 2.75. The van der Waals surface area contributed by atoms with Crippen LogP contribution >= 0.6 is 0 Å². The van der Waals surface area contributed by atoms with E-state index in [2.05, 4.69) is 10.6 Å². The molecule has 1 amide bonds. The zero-order valence-corrected chi connectivity index (χ0v) is 12.2. The van der Waals surface area contributed by atoms with Crippen LogP contribution in [0.1, 0.15) is 46.5 Å². The van der Waals surface area contributed by atoms with Crippen molar-refractivity contribution in [3.05, 3.63) is 0 Å². The molecular weight excluding hydrogens is 244 g/mol. The van der Waals surface area contributed by atoms with Crippen LogP contribution in [0.5, 0.6) is 0 Å². The molecule has 1 saturated heterocycles. The first-order chi connectivity index (χ1) is 8.78. The topological polar surface area (TPSA) is 78.4 Å². The molecule has 0 aromatic rings. The summed E-state index contributed by atoms with van der Waals surface area (Å²) in [5.41, 5.74) is -0.0548. The fourth-order valence-electron chi connectivity index (χ4n) is 2.45. The number of carboxylic acids is 1. The fourth-order valence-corrected chi connectivity index (χ4v) is 2.45. The lowest BCUT2D eigenvalue weighted by Gasteiger charge is -2.23. The summed E-state index contributed by atoms with van der Waals surface area (Å²) in [6, 6.07) is 0.255. The molecule has 2 atom stereocenters. The molecule has 1 rings (SSSR count). The van der Waals surface area contributed by atoms with E-state index in [1.165, 1.54) is 0 Å². The summed E-state index contributed by atoms with van der Waals surface area (Å²) in [5.74, 6) is -1.41. The van der Waals surface area contributed by atoms with Crippen molar-refractivity contribution in [2.75, 3.05) is 13.1 Å². The van der Waals surface area contributed by atoms with Gasteiger partial charge in [0.1, 0.15) is 0 Å². The van der Waals surface area contributed by atoms with Gasteiger partial charge in [-0.1, -0.05) is 20.8 Å². The Morgan fingerprint density at radius 1 is 1.42 bits per heavy atom. The first-order valence-corrected chi connectivity index (χ1v) is 7.01. The van der Waals surface area contributed by atoms with E-state index in [4.69, 9.17) is 0 Å². The molecule has 1 heterocycles.